The molecular formula is C25H29N5O3S. The van der Waals surface area contributed by atoms with Gasteiger partial charge < -0.3 is 9.80 Å². The van der Waals surface area contributed by atoms with Crippen molar-refractivity contribution < 1.29 is 13.2 Å². The van der Waals surface area contributed by atoms with Gasteiger partial charge >= 0.3 is 0 Å². The summed E-state index contributed by atoms with van der Waals surface area (Å²) in [6.07, 6.45) is 0. The number of aromatic nitrogens is 2. The number of amides is 1. The highest BCUT2D eigenvalue weighted by molar-refractivity contribution is 7.89. The van der Waals surface area contributed by atoms with Gasteiger partial charge in [-0.2, -0.15) is 0 Å². The van der Waals surface area contributed by atoms with E-state index in [-0.39, 0.29) is 10.8 Å². The maximum absolute atomic E-state index is 12.9. The molecule has 0 N–H and O–H groups in total. The van der Waals surface area contributed by atoms with Crippen molar-refractivity contribution in [2.24, 2.45) is 0 Å². The van der Waals surface area contributed by atoms with E-state index >= 15 is 0 Å². The third-order valence-electron chi connectivity index (χ3n) is 6.22. The van der Waals surface area contributed by atoms with E-state index in [0.29, 0.717) is 31.7 Å². The summed E-state index contributed by atoms with van der Waals surface area (Å²) in [7, 11) is -0.556. The van der Waals surface area contributed by atoms with Crippen LogP contribution in [-0.2, 0) is 10.0 Å². The summed E-state index contributed by atoms with van der Waals surface area (Å²) in [5.74, 6) is 0.683. The lowest BCUT2D eigenvalue weighted by molar-refractivity contribution is 0.0746. The maximum Gasteiger partial charge on any atom is 0.253 e. The van der Waals surface area contributed by atoms with Crippen LogP contribution in [0.5, 0.6) is 0 Å². The Labute approximate surface area is 200 Å². The molecule has 4 rings (SSSR count). The minimum Gasteiger partial charge on any atom is -0.352 e. The van der Waals surface area contributed by atoms with Gasteiger partial charge in [-0.15, -0.1) is 10.2 Å². The zero-order valence-corrected chi connectivity index (χ0v) is 20.7. The molecule has 0 atom stereocenters. The van der Waals surface area contributed by atoms with Gasteiger partial charge in [-0.3, -0.25) is 4.79 Å². The van der Waals surface area contributed by atoms with Crippen molar-refractivity contribution in [3.05, 3.63) is 71.3 Å². The second-order valence-corrected chi connectivity index (χ2v) is 10.8. The molecule has 0 aliphatic carbocycles. The molecule has 9 heteroatoms. The summed E-state index contributed by atoms with van der Waals surface area (Å²) in [5, 5.41) is 8.83. The van der Waals surface area contributed by atoms with Crippen LogP contribution in [0.2, 0.25) is 0 Å². The zero-order chi connectivity index (χ0) is 24.5. The van der Waals surface area contributed by atoms with Crippen LogP contribution in [0.3, 0.4) is 0 Å². The average molecular weight is 480 g/mol. The number of nitrogens with zero attached hydrogens (tertiary/aromatic N) is 5. The smallest absolute Gasteiger partial charge is 0.253 e. The van der Waals surface area contributed by atoms with Crippen LogP contribution in [0, 0.1) is 13.8 Å². The van der Waals surface area contributed by atoms with Crippen LogP contribution in [0.1, 0.15) is 21.5 Å². The van der Waals surface area contributed by atoms with Gasteiger partial charge in [0.2, 0.25) is 10.0 Å². The monoisotopic (exact) mass is 479 g/mol. The first kappa shape index (κ1) is 23.8. The summed E-state index contributed by atoms with van der Waals surface area (Å²) in [4.78, 5) is 17.0. The van der Waals surface area contributed by atoms with Gasteiger partial charge in [0.05, 0.1) is 10.6 Å². The summed E-state index contributed by atoms with van der Waals surface area (Å²) >= 11 is 0. The highest BCUT2D eigenvalue weighted by atomic mass is 32.2. The van der Waals surface area contributed by atoms with Crippen LogP contribution < -0.4 is 4.90 Å². The van der Waals surface area contributed by atoms with Gasteiger partial charge in [0, 0.05) is 51.4 Å². The fraction of sp³-hybridized carbons (Fsp3) is 0.320. The molecule has 0 saturated carbocycles. The Bertz CT molecular complexity index is 1280. The molecule has 1 aliphatic rings. The summed E-state index contributed by atoms with van der Waals surface area (Å²) in [6.45, 7) is 6.58. The van der Waals surface area contributed by atoms with Crippen LogP contribution in [-0.4, -0.2) is 74.0 Å². The van der Waals surface area contributed by atoms with E-state index in [9.17, 15) is 13.2 Å². The third kappa shape index (κ3) is 4.80. The number of carbonyl (C=O) groups excluding carboxylic acids is 1. The van der Waals surface area contributed by atoms with Gasteiger partial charge in [-0.05, 0) is 67.4 Å². The fourth-order valence-corrected chi connectivity index (χ4v) is 4.75. The number of anilines is 1. The summed E-state index contributed by atoms with van der Waals surface area (Å²) in [6, 6.07) is 16.3. The van der Waals surface area contributed by atoms with Gasteiger partial charge in [0.25, 0.3) is 5.91 Å². The van der Waals surface area contributed by atoms with Gasteiger partial charge in [0.15, 0.2) is 5.82 Å². The number of rotatable bonds is 5. The number of piperazine rings is 1. The second-order valence-electron chi connectivity index (χ2n) is 8.67. The van der Waals surface area contributed by atoms with Crippen molar-refractivity contribution in [1.29, 1.82) is 0 Å². The van der Waals surface area contributed by atoms with Crippen LogP contribution in [0.4, 0.5) is 5.82 Å². The van der Waals surface area contributed by atoms with Crippen molar-refractivity contribution in [3.8, 4) is 11.3 Å². The first-order valence-electron chi connectivity index (χ1n) is 11.1. The van der Waals surface area contributed by atoms with Gasteiger partial charge in [-0.25, -0.2) is 12.7 Å². The first-order chi connectivity index (χ1) is 16.2. The van der Waals surface area contributed by atoms with Crippen LogP contribution in [0.15, 0.2) is 59.5 Å². The molecule has 0 radical (unpaired) electrons. The highest BCUT2D eigenvalue weighted by Gasteiger charge is 2.24. The third-order valence-corrected chi connectivity index (χ3v) is 8.05. The number of sulfonamides is 1. The zero-order valence-electron chi connectivity index (χ0n) is 19.9. The predicted molar refractivity (Wildman–Crippen MR) is 132 cm³/mol. The molecule has 1 fully saturated rings. The largest absolute Gasteiger partial charge is 0.352 e. The Hall–Kier alpha value is -3.30. The van der Waals surface area contributed by atoms with E-state index in [1.54, 1.807) is 17.0 Å². The molecule has 34 heavy (non-hydrogen) atoms. The Kier molecular flexibility index (Phi) is 6.67. The Balaban J connectivity index is 1.38. The van der Waals surface area contributed by atoms with E-state index in [1.165, 1.54) is 37.4 Å². The topological polar surface area (TPSA) is 86.7 Å². The second kappa shape index (κ2) is 9.52. The van der Waals surface area contributed by atoms with E-state index < -0.39 is 10.0 Å². The minimum absolute atomic E-state index is 0.107. The van der Waals surface area contributed by atoms with Crippen LogP contribution in [0.25, 0.3) is 11.3 Å². The predicted octanol–water partition coefficient (Wildman–Crippen LogP) is 2.97. The van der Waals surface area contributed by atoms with E-state index in [0.717, 1.165) is 21.4 Å². The van der Waals surface area contributed by atoms with Crippen molar-refractivity contribution in [3.63, 3.8) is 0 Å². The Morgan fingerprint density at radius 1 is 0.853 bits per heavy atom. The molecule has 1 amide bonds. The summed E-state index contributed by atoms with van der Waals surface area (Å²) in [5.41, 5.74) is 4.82. The minimum atomic E-state index is -3.52. The lowest BCUT2D eigenvalue weighted by atomic mass is 10.0. The molecule has 0 bridgehead atoms. The molecule has 1 aliphatic heterocycles. The van der Waals surface area contributed by atoms with Gasteiger partial charge in [-0.1, -0.05) is 12.1 Å². The number of carbonyl (C=O) groups is 1. The quantitative estimate of drug-likeness (QED) is 0.559. The molecule has 0 unspecified atom stereocenters. The van der Waals surface area contributed by atoms with Crippen molar-refractivity contribution in [1.82, 2.24) is 19.4 Å². The SMILES string of the molecule is Cc1ccc(-c2ccc(N3CCN(C(=O)c4ccc(S(=O)(=O)N(C)C)cc4)CC3)nn2)cc1C. The van der Waals surface area contributed by atoms with Crippen LogP contribution >= 0.6 is 0 Å². The molecule has 2 aromatic carbocycles. The highest BCUT2D eigenvalue weighted by Crippen LogP contribution is 2.22. The molecule has 1 saturated heterocycles. The number of benzene rings is 2. The van der Waals surface area contributed by atoms with Crippen molar-refractivity contribution in [2.45, 2.75) is 18.7 Å². The van der Waals surface area contributed by atoms with Gasteiger partial charge in [0.1, 0.15) is 0 Å². The Morgan fingerprint density at radius 3 is 2.09 bits per heavy atom. The fourth-order valence-electron chi connectivity index (χ4n) is 3.85. The summed E-state index contributed by atoms with van der Waals surface area (Å²) < 4.78 is 25.6. The van der Waals surface area contributed by atoms with E-state index in [4.69, 9.17) is 0 Å². The van der Waals surface area contributed by atoms with Crippen molar-refractivity contribution >= 4 is 21.7 Å². The van der Waals surface area contributed by atoms with E-state index in [1.807, 2.05) is 12.1 Å². The van der Waals surface area contributed by atoms with E-state index in [2.05, 4.69) is 47.1 Å². The first-order valence-corrected chi connectivity index (χ1v) is 12.6. The number of aryl methyl sites for hydroxylation is 2. The molecule has 2 heterocycles. The lowest BCUT2D eigenvalue weighted by Gasteiger charge is -2.35. The normalized spacial score (nSPS) is 14.5. The lowest BCUT2D eigenvalue weighted by Crippen LogP contribution is -2.49. The maximum atomic E-state index is 12.9. The molecular weight excluding hydrogens is 450 g/mol. The number of hydrogen-bond acceptors (Lipinski definition) is 6. The molecule has 3 aromatic rings. The molecule has 178 valence electrons. The molecule has 0 spiro atoms. The standard InChI is InChI=1S/C25H29N5O3S/c1-18-5-6-21(17-19(18)2)23-11-12-24(27-26-23)29-13-15-30(16-14-29)25(31)20-7-9-22(10-8-20)34(32,33)28(3)4/h5-12,17H,13-16H2,1-4H3. The molecule has 8 nitrogen and oxygen atoms in total. The Morgan fingerprint density at radius 2 is 1.53 bits per heavy atom. The van der Waals surface area contributed by atoms with Crippen molar-refractivity contribution in [2.75, 3.05) is 45.2 Å². The number of hydrogen-bond donors (Lipinski definition) is 0. The molecule has 1 aromatic heterocycles. The average Bonchev–Trinajstić information content (AvgIpc) is 2.85.